The molecule has 0 spiro atoms. The topological polar surface area (TPSA) is 47.0 Å². The summed E-state index contributed by atoms with van der Waals surface area (Å²) in [5, 5.41) is 3.33. The number of benzene rings is 1. The maximum Gasteiger partial charge on any atom is 0.141 e. The summed E-state index contributed by atoms with van der Waals surface area (Å²) >= 11 is 0. The van der Waals surface area contributed by atoms with Crippen molar-refractivity contribution in [2.24, 2.45) is 0 Å². The van der Waals surface area contributed by atoms with E-state index in [1.807, 2.05) is 30.3 Å². The van der Waals surface area contributed by atoms with Crippen LogP contribution in [0.25, 0.3) is 0 Å². The molecule has 0 bridgehead atoms. The molecule has 1 aromatic heterocycles. The van der Waals surface area contributed by atoms with Crippen molar-refractivity contribution in [3.63, 3.8) is 0 Å². The van der Waals surface area contributed by atoms with E-state index in [2.05, 4.69) is 29.1 Å². The average Bonchev–Trinajstić information content (AvgIpc) is 2.45. The number of nitrogens with zero attached hydrogens (tertiary/aromatic N) is 2. The van der Waals surface area contributed by atoms with E-state index in [-0.39, 0.29) is 6.04 Å². The summed E-state index contributed by atoms with van der Waals surface area (Å²) in [5.41, 5.74) is 1.24. The highest BCUT2D eigenvalue weighted by Gasteiger charge is 2.03. The molecule has 2 aromatic rings. The van der Waals surface area contributed by atoms with E-state index in [1.54, 1.807) is 12.4 Å². The average molecular weight is 257 g/mol. The second-order valence-corrected chi connectivity index (χ2v) is 4.57. The quantitative estimate of drug-likeness (QED) is 0.863. The third kappa shape index (κ3) is 4.67. The molecule has 1 aromatic carbocycles. The van der Waals surface area contributed by atoms with Gasteiger partial charge in [-0.1, -0.05) is 17.7 Å². The van der Waals surface area contributed by atoms with Crippen molar-refractivity contribution in [1.29, 1.82) is 0 Å². The van der Waals surface area contributed by atoms with Gasteiger partial charge in [0.05, 0.1) is 6.54 Å². The van der Waals surface area contributed by atoms with Gasteiger partial charge < -0.3 is 10.1 Å². The molecule has 19 heavy (non-hydrogen) atoms. The normalized spacial score (nSPS) is 12.1. The van der Waals surface area contributed by atoms with E-state index >= 15 is 0 Å². The zero-order valence-electron chi connectivity index (χ0n) is 11.3. The van der Waals surface area contributed by atoms with E-state index in [0.717, 1.165) is 11.6 Å². The van der Waals surface area contributed by atoms with Crippen molar-refractivity contribution in [2.75, 3.05) is 6.61 Å². The lowest BCUT2D eigenvalue weighted by molar-refractivity contribution is 0.271. The molecule has 0 amide bonds. The van der Waals surface area contributed by atoms with E-state index in [9.17, 15) is 0 Å². The predicted octanol–water partition coefficient (Wildman–Crippen LogP) is 2.34. The number of ether oxygens (including phenoxy) is 1. The number of nitrogens with one attached hydrogen (secondary N) is 1. The van der Waals surface area contributed by atoms with Crippen LogP contribution < -0.4 is 10.1 Å². The Morgan fingerprint density at radius 3 is 2.53 bits per heavy atom. The molecule has 4 nitrogen and oxygen atoms in total. The molecule has 1 atom stereocenters. The van der Waals surface area contributed by atoms with Gasteiger partial charge in [0.2, 0.25) is 0 Å². The molecular formula is C15H19N3O. The van der Waals surface area contributed by atoms with Crippen molar-refractivity contribution in [3.05, 3.63) is 54.1 Å². The molecule has 2 rings (SSSR count). The summed E-state index contributed by atoms with van der Waals surface area (Å²) in [6.07, 6.45) is 3.50. The zero-order chi connectivity index (χ0) is 13.5. The van der Waals surface area contributed by atoms with Gasteiger partial charge in [-0.05, 0) is 32.0 Å². The summed E-state index contributed by atoms with van der Waals surface area (Å²) in [5.74, 6) is 1.69. The fourth-order valence-electron chi connectivity index (χ4n) is 1.60. The molecule has 0 aliphatic carbocycles. The van der Waals surface area contributed by atoms with Gasteiger partial charge in [-0.3, -0.25) is 0 Å². The molecule has 100 valence electrons. The van der Waals surface area contributed by atoms with Crippen LogP contribution in [-0.4, -0.2) is 22.6 Å². The highest BCUT2D eigenvalue weighted by atomic mass is 16.5. The molecular weight excluding hydrogens is 238 g/mol. The molecule has 1 heterocycles. The third-order valence-electron chi connectivity index (χ3n) is 2.75. The highest BCUT2D eigenvalue weighted by molar-refractivity contribution is 5.26. The summed E-state index contributed by atoms with van der Waals surface area (Å²) < 4.78 is 5.71. The molecule has 1 unspecified atom stereocenters. The maximum absolute atomic E-state index is 5.71. The van der Waals surface area contributed by atoms with Gasteiger partial charge in [-0.2, -0.15) is 0 Å². The lowest BCUT2D eigenvalue weighted by Gasteiger charge is -2.14. The first-order valence-corrected chi connectivity index (χ1v) is 6.43. The van der Waals surface area contributed by atoms with E-state index in [1.165, 1.54) is 5.56 Å². The van der Waals surface area contributed by atoms with Crippen LogP contribution in [0.1, 0.15) is 18.3 Å². The molecule has 0 saturated heterocycles. The van der Waals surface area contributed by atoms with Crippen LogP contribution in [-0.2, 0) is 6.54 Å². The van der Waals surface area contributed by atoms with Crippen molar-refractivity contribution in [2.45, 2.75) is 26.4 Å². The molecule has 4 heteroatoms. The molecule has 0 aliphatic rings. The van der Waals surface area contributed by atoms with Gasteiger partial charge in [0.1, 0.15) is 18.2 Å². The smallest absolute Gasteiger partial charge is 0.141 e. The second-order valence-electron chi connectivity index (χ2n) is 4.57. The Morgan fingerprint density at radius 2 is 1.84 bits per heavy atom. The minimum Gasteiger partial charge on any atom is -0.492 e. The number of hydrogen-bond donors (Lipinski definition) is 1. The van der Waals surface area contributed by atoms with Crippen LogP contribution in [0.3, 0.4) is 0 Å². The Balaban J connectivity index is 1.72. The van der Waals surface area contributed by atoms with Crippen LogP contribution in [0.5, 0.6) is 5.75 Å². The second kappa shape index (κ2) is 6.85. The summed E-state index contributed by atoms with van der Waals surface area (Å²) in [6, 6.07) is 10.1. The Hall–Kier alpha value is -1.94. The highest BCUT2D eigenvalue weighted by Crippen LogP contribution is 2.11. The Bertz CT molecular complexity index is 485. The van der Waals surface area contributed by atoms with Crippen molar-refractivity contribution < 1.29 is 4.74 Å². The maximum atomic E-state index is 5.71. The van der Waals surface area contributed by atoms with Crippen LogP contribution >= 0.6 is 0 Å². The number of aromatic nitrogens is 2. The minimum atomic E-state index is 0.241. The Kier molecular flexibility index (Phi) is 4.86. The summed E-state index contributed by atoms with van der Waals surface area (Å²) in [4.78, 5) is 8.33. The van der Waals surface area contributed by atoms with E-state index < -0.39 is 0 Å². The Morgan fingerprint density at radius 1 is 1.16 bits per heavy atom. The first-order chi connectivity index (χ1) is 9.24. The van der Waals surface area contributed by atoms with Crippen LogP contribution in [0.4, 0.5) is 0 Å². The predicted molar refractivity (Wildman–Crippen MR) is 75.0 cm³/mol. The van der Waals surface area contributed by atoms with Crippen LogP contribution in [0, 0.1) is 6.92 Å². The summed E-state index contributed by atoms with van der Waals surface area (Å²) in [7, 11) is 0. The fraction of sp³-hybridized carbons (Fsp3) is 0.333. The van der Waals surface area contributed by atoms with Gasteiger partial charge >= 0.3 is 0 Å². The van der Waals surface area contributed by atoms with Gasteiger partial charge in [-0.15, -0.1) is 0 Å². The molecule has 1 N–H and O–H groups in total. The Labute approximate surface area is 113 Å². The number of aryl methyl sites for hydroxylation is 1. The van der Waals surface area contributed by atoms with Gasteiger partial charge in [0.15, 0.2) is 0 Å². The first kappa shape index (κ1) is 13.5. The zero-order valence-corrected chi connectivity index (χ0v) is 11.3. The lowest BCUT2D eigenvalue weighted by atomic mass is 10.2. The van der Waals surface area contributed by atoms with Gasteiger partial charge in [-0.25, -0.2) is 9.97 Å². The van der Waals surface area contributed by atoms with Gasteiger partial charge in [0.25, 0.3) is 0 Å². The molecule has 0 aliphatic heterocycles. The third-order valence-corrected chi connectivity index (χ3v) is 2.75. The first-order valence-electron chi connectivity index (χ1n) is 6.43. The van der Waals surface area contributed by atoms with Crippen LogP contribution in [0.2, 0.25) is 0 Å². The van der Waals surface area contributed by atoms with Crippen LogP contribution in [0.15, 0.2) is 42.7 Å². The van der Waals surface area contributed by atoms with Gasteiger partial charge in [0, 0.05) is 18.4 Å². The minimum absolute atomic E-state index is 0.241. The number of rotatable bonds is 6. The monoisotopic (exact) mass is 257 g/mol. The van der Waals surface area contributed by atoms with Crippen molar-refractivity contribution in [1.82, 2.24) is 15.3 Å². The number of hydrogen-bond acceptors (Lipinski definition) is 4. The largest absolute Gasteiger partial charge is 0.492 e. The molecule has 0 fully saturated rings. The van der Waals surface area contributed by atoms with E-state index in [0.29, 0.717) is 13.2 Å². The SMILES string of the molecule is Cc1ccc(OCC(C)NCc2ncccn2)cc1. The molecule has 0 saturated carbocycles. The van der Waals surface area contributed by atoms with Crippen molar-refractivity contribution in [3.8, 4) is 5.75 Å². The summed E-state index contributed by atoms with van der Waals surface area (Å²) in [6.45, 7) is 5.42. The fourth-order valence-corrected chi connectivity index (χ4v) is 1.60. The van der Waals surface area contributed by atoms with E-state index in [4.69, 9.17) is 4.74 Å². The van der Waals surface area contributed by atoms with Crippen molar-refractivity contribution >= 4 is 0 Å². The standard InChI is InChI=1S/C15H19N3O/c1-12-4-6-14(7-5-12)19-11-13(2)18-10-15-16-8-3-9-17-15/h3-9,13,18H,10-11H2,1-2H3. The molecule has 0 radical (unpaired) electrons. The lowest BCUT2D eigenvalue weighted by Crippen LogP contribution is -2.31.